The summed E-state index contributed by atoms with van der Waals surface area (Å²) in [6, 6.07) is 0. The fourth-order valence-corrected chi connectivity index (χ4v) is 7.49. The van der Waals surface area contributed by atoms with Crippen LogP contribution in [0.3, 0.4) is 0 Å². The number of halogens is 1. The van der Waals surface area contributed by atoms with Gasteiger partial charge in [-0.15, -0.1) is 11.6 Å². The SMILES string of the molecule is C=C1C(Cl)C2OC(=O)C(C)C23OC1C(OC(C)=O)C(OC(C)=O)C1(C)C(OC(C)=O)CCC(=C)C1C3OC(C)=O. The molecular weight excluding hydrogens is 548 g/mol. The number of carbonyl (C=O) groups excluding carboxylic acids is 5. The van der Waals surface area contributed by atoms with E-state index in [1.807, 2.05) is 0 Å². The first kappa shape index (κ1) is 30.0. The van der Waals surface area contributed by atoms with Crippen molar-refractivity contribution >= 4 is 41.4 Å². The van der Waals surface area contributed by atoms with E-state index in [0.717, 1.165) is 0 Å². The first-order valence-corrected chi connectivity index (χ1v) is 13.6. The van der Waals surface area contributed by atoms with Gasteiger partial charge >= 0.3 is 29.8 Å². The molecule has 3 aliphatic heterocycles. The van der Waals surface area contributed by atoms with Gasteiger partial charge in [-0.1, -0.05) is 25.7 Å². The summed E-state index contributed by atoms with van der Waals surface area (Å²) in [5.41, 5.74) is -2.33. The van der Waals surface area contributed by atoms with Gasteiger partial charge in [0.15, 0.2) is 23.9 Å². The molecule has 0 radical (unpaired) electrons. The number of carbonyl (C=O) groups is 5. The molecule has 2 bridgehead atoms. The lowest BCUT2D eigenvalue weighted by Gasteiger charge is -2.61. The number of alkyl halides is 1. The van der Waals surface area contributed by atoms with Gasteiger partial charge in [-0.25, -0.2) is 0 Å². The molecule has 220 valence electrons. The number of rotatable bonds is 4. The van der Waals surface area contributed by atoms with E-state index in [9.17, 15) is 24.0 Å². The van der Waals surface area contributed by atoms with Crippen LogP contribution in [0, 0.1) is 17.3 Å². The van der Waals surface area contributed by atoms with Crippen LogP contribution in [0.5, 0.6) is 0 Å². The molecule has 4 aliphatic rings. The Morgan fingerprint density at radius 2 is 1.48 bits per heavy atom. The van der Waals surface area contributed by atoms with E-state index < -0.39 is 94.7 Å². The van der Waals surface area contributed by atoms with Gasteiger partial charge in [0.25, 0.3) is 0 Å². The van der Waals surface area contributed by atoms with Crippen LogP contribution in [0.2, 0.25) is 0 Å². The lowest BCUT2D eigenvalue weighted by molar-refractivity contribution is -0.294. The van der Waals surface area contributed by atoms with Crippen molar-refractivity contribution in [2.45, 2.75) is 102 Å². The van der Waals surface area contributed by atoms with Crippen molar-refractivity contribution in [3.8, 4) is 0 Å². The van der Waals surface area contributed by atoms with Gasteiger partial charge in [-0.2, -0.15) is 0 Å². The second-order valence-electron chi connectivity index (χ2n) is 11.2. The molecule has 4 rings (SSSR count). The number of esters is 5. The van der Waals surface area contributed by atoms with Gasteiger partial charge in [0, 0.05) is 33.6 Å². The molecule has 11 atom stereocenters. The van der Waals surface area contributed by atoms with Crippen LogP contribution in [-0.2, 0) is 52.4 Å². The van der Waals surface area contributed by atoms with Crippen molar-refractivity contribution in [1.29, 1.82) is 0 Å². The van der Waals surface area contributed by atoms with Crippen LogP contribution in [0.15, 0.2) is 24.3 Å². The fraction of sp³-hybridized carbons (Fsp3) is 0.679. The maximum absolute atomic E-state index is 13.1. The minimum Gasteiger partial charge on any atom is -0.462 e. The number of hydrogen-bond donors (Lipinski definition) is 0. The Hall–Kier alpha value is -2.92. The smallest absolute Gasteiger partial charge is 0.312 e. The van der Waals surface area contributed by atoms with Crippen LogP contribution in [0.1, 0.15) is 54.4 Å². The second-order valence-corrected chi connectivity index (χ2v) is 11.7. The van der Waals surface area contributed by atoms with Crippen LogP contribution in [-0.4, -0.2) is 77.4 Å². The zero-order chi connectivity index (χ0) is 29.9. The molecule has 0 aromatic rings. The molecule has 0 N–H and O–H groups in total. The Morgan fingerprint density at radius 3 is 2.02 bits per heavy atom. The molecule has 40 heavy (non-hydrogen) atoms. The van der Waals surface area contributed by atoms with E-state index in [2.05, 4.69) is 13.2 Å². The summed E-state index contributed by atoms with van der Waals surface area (Å²) in [6.45, 7) is 16.4. The first-order chi connectivity index (χ1) is 18.6. The molecule has 0 aromatic heterocycles. The van der Waals surface area contributed by atoms with Crippen molar-refractivity contribution < 1.29 is 52.4 Å². The van der Waals surface area contributed by atoms with Crippen molar-refractivity contribution in [1.82, 2.24) is 0 Å². The molecule has 3 heterocycles. The van der Waals surface area contributed by atoms with Crippen LogP contribution < -0.4 is 0 Å². The molecule has 0 amide bonds. The van der Waals surface area contributed by atoms with Crippen LogP contribution in [0.4, 0.5) is 0 Å². The van der Waals surface area contributed by atoms with E-state index in [1.165, 1.54) is 27.7 Å². The summed E-state index contributed by atoms with van der Waals surface area (Å²) >= 11 is 6.89. The molecule has 12 heteroatoms. The van der Waals surface area contributed by atoms with Crippen molar-refractivity contribution in [3.05, 3.63) is 24.3 Å². The summed E-state index contributed by atoms with van der Waals surface area (Å²) in [5, 5.41) is -1.05. The second kappa shape index (κ2) is 10.5. The lowest BCUT2D eigenvalue weighted by atomic mass is 9.53. The molecule has 11 nitrogen and oxygen atoms in total. The lowest BCUT2D eigenvalue weighted by Crippen LogP contribution is -2.75. The third-order valence-electron chi connectivity index (χ3n) is 8.72. The Kier molecular flexibility index (Phi) is 7.87. The van der Waals surface area contributed by atoms with Gasteiger partial charge in [0.2, 0.25) is 0 Å². The summed E-state index contributed by atoms with van der Waals surface area (Å²) in [7, 11) is 0. The number of fused-ring (bicyclic) bond motifs is 2. The molecule has 11 unspecified atom stereocenters. The van der Waals surface area contributed by atoms with E-state index in [4.69, 9.17) is 40.0 Å². The monoisotopic (exact) mass is 582 g/mol. The van der Waals surface area contributed by atoms with Crippen LogP contribution in [0.25, 0.3) is 0 Å². The zero-order valence-electron chi connectivity index (χ0n) is 23.4. The summed E-state index contributed by atoms with van der Waals surface area (Å²) < 4.78 is 36.0. The van der Waals surface area contributed by atoms with E-state index in [1.54, 1.807) is 13.8 Å². The van der Waals surface area contributed by atoms with Gasteiger partial charge in [-0.05, 0) is 25.3 Å². The van der Waals surface area contributed by atoms with Gasteiger partial charge in [-0.3, -0.25) is 24.0 Å². The van der Waals surface area contributed by atoms with Crippen LogP contribution >= 0.6 is 11.6 Å². The topological polar surface area (TPSA) is 141 Å². The normalized spacial score (nSPS) is 42.3. The largest absolute Gasteiger partial charge is 0.462 e. The Morgan fingerprint density at radius 1 is 0.925 bits per heavy atom. The van der Waals surface area contributed by atoms with Crippen molar-refractivity contribution in [3.63, 3.8) is 0 Å². The maximum Gasteiger partial charge on any atom is 0.312 e. The average Bonchev–Trinajstić information content (AvgIpc) is 3.09. The Balaban J connectivity index is 2.11. The summed E-state index contributed by atoms with van der Waals surface area (Å²) in [6.07, 6.45) is -6.58. The third kappa shape index (κ3) is 4.51. The molecule has 0 aromatic carbocycles. The van der Waals surface area contributed by atoms with Crippen molar-refractivity contribution in [2.24, 2.45) is 17.3 Å². The highest BCUT2D eigenvalue weighted by atomic mass is 35.5. The summed E-state index contributed by atoms with van der Waals surface area (Å²) in [4.78, 5) is 63.2. The zero-order valence-corrected chi connectivity index (χ0v) is 24.1. The fourth-order valence-electron chi connectivity index (χ4n) is 7.12. The molecule has 3 saturated heterocycles. The summed E-state index contributed by atoms with van der Waals surface area (Å²) in [5.74, 6) is -5.30. The highest BCUT2D eigenvalue weighted by Gasteiger charge is 2.75. The average molecular weight is 583 g/mol. The quantitative estimate of drug-likeness (QED) is 0.209. The molecular formula is C28H35ClO11. The predicted octanol–water partition coefficient (Wildman–Crippen LogP) is 2.56. The van der Waals surface area contributed by atoms with E-state index in [-0.39, 0.29) is 12.0 Å². The van der Waals surface area contributed by atoms with E-state index in [0.29, 0.717) is 12.0 Å². The van der Waals surface area contributed by atoms with E-state index >= 15 is 0 Å². The molecule has 4 fully saturated rings. The number of ether oxygens (including phenoxy) is 6. The van der Waals surface area contributed by atoms with Crippen molar-refractivity contribution in [2.75, 3.05) is 0 Å². The Labute approximate surface area is 237 Å². The highest BCUT2D eigenvalue weighted by molar-refractivity contribution is 6.23. The first-order valence-electron chi connectivity index (χ1n) is 13.1. The molecule has 1 saturated carbocycles. The maximum atomic E-state index is 13.1. The van der Waals surface area contributed by atoms with Gasteiger partial charge in [0.05, 0.1) is 16.7 Å². The molecule has 1 aliphatic carbocycles. The third-order valence-corrected chi connectivity index (χ3v) is 9.23. The minimum atomic E-state index is -1.69. The predicted molar refractivity (Wildman–Crippen MR) is 138 cm³/mol. The minimum absolute atomic E-state index is 0.204. The highest BCUT2D eigenvalue weighted by Crippen LogP contribution is 2.61. The number of hydrogen-bond acceptors (Lipinski definition) is 11. The molecule has 1 spiro atoms. The Bertz CT molecular complexity index is 1160. The standard InChI is InChI=1S/C28H35ClO11/c1-11-9-10-18(35-14(4)30)27(8)19(11)23(37-16(6)32)28-13(3)26(34)39-24(28)20(29)12(2)21(40-28)22(36-15(5)31)25(27)38-17(7)33/h13,18-25H,1-2,9-10H2,3-8H3. The van der Waals surface area contributed by atoms with Gasteiger partial charge < -0.3 is 28.4 Å². The van der Waals surface area contributed by atoms with Gasteiger partial charge in [0.1, 0.15) is 18.3 Å².